The summed E-state index contributed by atoms with van der Waals surface area (Å²) in [6, 6.07) is 2.86. The number of nitro groups is 1. The third kappa shape index (κ3) is 3.69. The number of aromatic nitrogens is 1. The second-order valence-corrected chi connectivity index (χ2v) is 4.46. The Morgan fingerprint density at radius 2 is 2.25 bits per heavy atom. The van der Waals surface area contributed by atoms with Crippen molar-refractivity contribution >= 4 is 23.3 Å². The number of nitrogens with zero attached hydrogens (tertiary/aromatic N) is 2. The smallest absolute Gasteiger partial charge is 0.301 e. The maximum atomic E-state index is 10.7. The molecule has 2 N–H and O–H groups in total. The van der Waals surface area contributed by atoms with Crippen LogP contribution in [0, 0.1) is 10.1 Å². The molecule has 0 fully saturated rings. The summed E-state index contributed by atoms with van der Waals surface area (Å²) >= 11 is 1.40. The highest BCUT2D eigenvalue weighted by Crippen LogP contribution is 2.28. The minimum atomic E-state index is -0.422. The van der Waals surface area contributed by atoms with E-state index < -0.39 is 4.92 Å². The van der Waals surface area contributed by atoms with E-state index in [1.54, 1.807) is 0 Å². The Morgan fingerprint density at radius 1 is 1.50 bits per heavy atom. The molecule has 6 heteroatoms. The van der Waals surface area contributed by atoms with E-state index in [4.69, 9.17) is 5.73 Å². The molecular formula is C10H15N3O2S. The molecule has 0 amide bonds. The van der Waals surface area contributed by atoms with E-state index in [0.717, 1.165) is 25.0 Å². The van der Waals surface area contributed by atoms with Crippen LogP contribution in [0.2, 0.25) is 0 Å². The van der Waals surface area contributed by atoms with Crippen LogP contribution in [0.25, 0.3) is 0 Å². The molecule has 1 heterocycles. The zero-order valence-corrected chi connectivity index (χ0v) is 10.00. The Kier molecular flexibility index (Phi) is 5.04. The van der Waals surface area contributed by atoms with E-state index in [9.17, 15) is 10.1 Å². The first-order valence-electron chi connectivity index (χ1n) is 5.19. The van der Waals surface area contributed by atoms with Gasteiger partial charge in [0.25, 0.3) is 0 Å². The molecule has 0 aliphatic heterocycles. The van der Waals surface area contributed by atoms with Crippen molar-refractivity contribution < 1.29 is 4.92 Å². The quantitative estimate of drug-likeness (QED) is 0.358. The van der Waals surface area contributed by atoms with Crippen LogP contribution in [0.4, 0.5) is 11.5 Å². The molecule has 0 radical (unpaired) electrons. The van der Waals surface area contributed by atoms with Crippen LogP contribution in [-0.4, -0.2) is 15.7 Å². The molecule has 0 atom stereocenters. The number of rotatable bonds is 6. The molecule has 88 valence electrons. The van der Waals surface area contributed by atoms with Gasteiger partial charge in [-0.15, -0.1) is 0 Å². The van der Waals surface area contributed by atoms with Gasteiger partial charge in [0.2, 0.25) is 0 Å². The Hall–Kier alpha value is -1.30. The minimum Gasteiger partial charge on any atom is -0.384 e. The van der Waals surface area contributed by atoms with Gasteiger partial charge in [0.05, 0.1) is 4.92 Å². The summed E-state index contributed by atoms with van der Waals surface area (Å²) in [5.74, 6) is 1.16. The van der Waals surface area contributed by atoms with Gasteiger partial charge < -0.3 is 5.73 Å². The van der Waals surface area contributed by atoms with Gasteiger partial charge in [0, 0.05) is 6.07 Å². The molecule has 0 saturated heterocycles. The summed E-state index contributed by atoms with van der Waals surface area (Å²) < 4.78 is 0. The molecule has 16 heavy (non-hydrogen) atoms. The number of hydrogen-bond acceptors (Lipinski definition) is 5. The van der Waals surface area contributed by atoms with Crippen molar-refractivity contribution in [3.05, 3.63) is 22.2 Å². The fourth-order valence-corrected chi connectivity index (χ4v) is 2.22. The normalized spacial score (nSPS) is 10.3. The van der Waals surface area contributed by atoms with E-state index in [2.05, 4.69) is 11.9 Å². The minimum absolute atomic E-state index is 0.0377. The van der Waals surface area contributed by atoms with E-state index >= 15 is 0 Å². The average Bonchev–Trinajstić information content (AvgIpc) is 2.24. The van der Waals surface area contributed by atoms with Gasteiger partial charge in [-0.05, 0) is 18.2 Å². The van der Waals surface area contributed by atoms with Gasteiger partial charge in [-0.3, -0.25) is 10.1 Å². The van der Waals surface area contributed by atoms with Crippen LogP contribution in [0.1, 0.15) is 26.2 Å². The van der Waals surface area contributed by atoms with Crippen LogP contribution < -0.4 is 5.73 Å². The summed E-state index contributed by atoms with van der Waals surface area (Å²) in [7, 11) is 0. The number of anilines is 1. The van der Waals surface area contributed by atoms with E-state index in [1.165, 1.54) is 23.9 Å². The Morgan fingerprint density at radius 3 is 2.88 bits per heavy atom. The number of nitrogen functional groups attached to an aromatic ring is 1. The first-order chi connectivity index (χ1) is 7.65. The van der Waals surface area contributed by atoms with Gasteiger partial charge in [-0.2, -0.15) is 0 Å². The molecule has 0 aliphatic rings. The van der Waals surface area contributed by atoms with E-state index in [1.807, 2.05) is 0 Å². The van der Waals surface area contributed by atoms with Gasteiger partial charge in [-0.1, -0.05) is 31.5 Å². The molecular weight excluding hydrogens is 226 g/mol. The van der Waals surface area contributed by atoms with Crippen LogP contribution in [0.5, 0.6) is 0 Å². The first kappa shape index (κ1) is 12.8. The Labute approximate surface area is 98.6 Å². The molecule has 0 unspecified atom stereocenters. The molecule has 5 nitrogen and oxygen atoms in total. The maximum Gasteiger partial charge on any atom is 0.301 e. The predicted octanol–water partition coefficient (Wildman–Crippen LogP) is 2.85. The van der Waals surface area contributed by atoms with Crippen LogP contribution in [0.15, 0.2) is 17.2 Å². The molecule has 0 aliphatic carbocycles. The number of pyridine rings is 1. The summed E-state index contributed by atoms with van der Waals surface area (Å²) in [6.45, 7) is 2.12. The van der Waals surface area contributed by atoms with Crippen molar-refractivity contribution in [1.29, 1.82) is 0 Å². The second kappa shape index (κ2) is 6.32. The SMILES string of the molecule is CCCCCSc1nc(N)ccc1[N+](=O)[O-]. The molecule has 1 rings (SSSR count). The third-order valence-corrected chi connectivity index (χ3v) is 3.11. The van der Waals surface area contributed by atoms with Gasteiger partial charge in [0.15, 0.2) is 5.03 Å². The lowest BCUT2D eigenvalue weighted by Gasteiger charge is -2.02. The highest BCUT2D eigenvalue weighted by molar-refractivity contribution is 7.99. The van der Waals surface area contributed by atoms with Crippen molar-refractivity contribution in [3.8, 4) is 0 Å². The summed E-state index contributed by atoms with van der Waals surface area (Å²) in [5.41, 5.74) is 5.55. The summed E-state index contributed by atoms with van der Waals surface area (Å²) in [5, 5.41) is 11.2. The van der Waals surface area contributed by atoms with Gasteiger partial charge >= 0.3 is 5.69 Å². The Bertz CT molecular complexity index is 371. The van der Waals surface area contributed by atoms with Gasteiger partial charge in [-0.25, -0.2) is 4.98 Å². The monoisotopic (exact) mass is 241 g/mol. The lowest BCUT2D eigenvalue weighted by Crippen LogP contribution is -1.97. The molecule has 0 aromatic carbocycles. The first-order valence-corrected chi connectivity index (χ1v) is 6.17. The summed E-state index contributed by atoms with van der Waals surface area (Å²) in [6.07, 6.45) is 3.30. The fraction of sp³-hybridized carbons (Fsp3) is 0.500. The van der Waals surface area contributed by atoms with Crippen molar-refractivity contribution in [2.24, 2.45) is 0 Å². The highest BCUT2D eigenvalue weighted by Gasteiger charge is 2.15. The van der Waals surface area contributed by atoms with Crippen LogP contribution in [0.3, 0.4) is 0 Å². The molecule has 0 bridgehead atoms. The number of thioether (sulfide) groups is 1. The standard InChI is InChI=1S/C10H15N3O2S/c1-2-3-4-7-16-10-8(13(14)15)5-6-9(11)12-10/h5-6H,2-4,7H2,1H3,(H2,11,12). The average molecular weight is 241 g/mol. The zero-order valence-electron chi connectivity index (χ0n) is 9.18. The molecule has 1 aromatic rings. The second-order valence-electron chi connectivity index (χ2n) is 3.37. The van der Waals surface area contributed by atoms with Gasteiger partial charge in [0.1, 0.15) is 5.82 Å². The predicted molar refractivity (Wildman–Crippen MR) is 65.6 cm³/mol. The van der Waals surface area contributed by atoms with Crippen molar-refractivity contribution in [3.63, 3.8) is 0 Å². The van der Waals surface area contributed by atoms with Crippen molar-refractivity contribution in [1.82, 2.24) is 4.98 Å². The number of unbranched alkanes of at least 4 members (excludes halogenated alkanes) is 2. The highest BCUT2D eigenvalue weighted by atomic mass is 32.2. The molecule has 1 aromatic heterocycles. The maximum absolute atomic E-state index is 10.7. The van der Waals surface area contributed by atoms with E-state index in [0.29, 0.717) is 10.8 Å². The largest absolute Gasteiger partial charge is 0.384 e. The van der Waals surface area contributed by atoms with Crippen LogP contribution in [-0.2, 0) is 0 Å². The summed E-state index contributed by atoms with van der Waals surface area (Å²) in [4.78, 5) is 14.3. The lowest BCUT2D eigenvalue weighted by atomic mass is 10.3. The number of hydrogen-bond donors (Lipinski definition) is 1. The Balaban J connectivity index is 2.68. The fourth-order valence-electron chi connectivity index (χ4n) is 1.21. The lowest BCUT2D eigenvalue weighted by molar-refractivity contribution is -0.388. The van der Waals surface area contributed by atoms with E-state index in [-0.39, 0.29) is 5.69 Å². The number of nitrogens with two attached hydrogens (primary N) is 1. The molecule has 0 spiro atoms. The van der Waals surface area contributed by atoms with Crippen LogP contribution >= 0.6 is 11.8 Å². The van der Waals surface area contributed by atoms with Crippen molar-refractivity contribution in [2.45, 2.75) is 31.2 Å². The molecule has 0 saturated carbocycles. The third-order valence-electron chi connectivity index (χ3n) is 2.05. The topological polar surface area (TPSA) is 82.0 Å². The van der Waals surface area contributed by atoms with Crippen molar-refractivity contribution in [2.75, 3.05) is 11.5 Å². The zero-order chi connectivity index (χ0) is 12.0.